The smallest absolute Gasteiger partial charge is 0.265 e. The number of fused-ring (bicyclic) bond motifs is 2. The largest absolute Gasteiger partial charge is 0.484 e. The van der Waals surface area contributed by atoms with Crippen LogP contribution in [-0.2, 0) is 19.2 Å². The molecule has 2 N–H and O–H groups in total. The molecule has 0 fully saturated rings. The van der Waals surface area contributed by atoms with Crippen molar-refractivity contribution < 1.29 is 47.7 Å². The number of aromatic nitrogens is 2. The Morgan fingerprint density at radius 1 is 0.672 bits per heavy atom. The third kappa shape index (κ3) is 9.87. The van der Waals surface area contributed by atoms with E-state index in [-0.39, 0.29) is 53.6 Å². The summed E-state index contributed by atoms with van der Waals surface area (Å²) >= 11 is 0. The number of anilines is 2. The Morgan fingerprint density at radius 3 is 1.86 bits per heavy atom. The minimum absolute atomic E-state index is 0.0626. The minimum Gasteiger partial charge on any atom is -0.484 e. The highest BCUT2D eigenvalue weighted by atomic mass is 16.5. The van der Waals surface area contributed by atoms with Crippen LogP contribution in [-0.4, -0.2) is 63.3 Å². The van der Waals surface area contributed by atoms with Gasteiger partial charge < -0.3 is 29.6 Å². The average molecular weight is 861 g/mol. The van der Waals surface area contributed by atoms with Gasteiger partial charge in [0.2, 0.25) is 29.5 Å². The van der Waals surface area contributed by atoms with Gasteiger partial charge in [-0.15, -0.1) is 0 Å². The van der Waals surface area contributed by atoms with Crippen molar-refractivity contribution in [3.8, 4) is 34.8 Å². The first-order valence-corrected chi connectivity index (χ1v) is 20.2. The SMILES string of the molecule is CC(=O)NCC(=O)N(c1ccc(Oc2ccc3c(c2)OC(c2ccccc2)CC3=O)nc1)N(CC(=O)Nc1ccc(Oc2ccc3c(c2)C(=O)CC(c2ccccc2)O3)nc1)C(C)=O. The normalized spacial score (nSPS) is 15.0. The number of nitrogens with zero attached hydrogens (tertiary/aromatic N) is 4. The summed E-state index contributed by atoms with van der Waals surface area (Å²) in [7, 11) is 0. The summed E-state index contributed by atoms with van der Waals surface area (Å²) in [5.74, 6) is -0.935. The molecule has 0 radical (unpaired) electrons. The topological polar surface area (TPSA) is 196 Å². The van der Waals surface area contributed by atoms with Crippen LogP contribution in [0.3, 0.4) is 0 Å². The molecule has 2 aromatic heterocycles. The second kappa shape index (κ2) is 18.7. The van der Waals surface area contributed by atoms with Crippen LogP contribution in [0.5, 0.6) is 34.8 Å². The van der Waals surface area contributed by atoms with E-state index >= 15 is 0 Å². The van der Waals surface area contributed by atoms with Gasteiger partial charge in [-0.3, -0.25) is 28.8 Å². The lowest BCUT2D eigenvalue weighted by molar-refractivity contribution is -0.137. The van der Waals surface area contributed by atoms with Gasteiger partial charge >= 0.3 is 0 Å². The fraction of sp³-hybridized carbons (Fsp3) is 0.167. The van der Waals surface area contributed by atoms with Gasteiger partial charge in [0.15, 0.2) is 11.6 Å². The van der Waals surface area contributed by atoms with E-state index in [0.29, 0.717) is 34.1 Å². The van der Waals surface area contributed by atoms with Gasteiger partial charge in [0.1, 0.15) is 41.8 Å². The lowest BCUT2D eigenvalue weighted by Crippen LogP contribution is -2.54. The Labute approximate surface area is 366 Å². The maximum Gasteiger partial charge on any atom is 0.265 e. The molecule has 16 heteroatoms. The quantitative estimate of drug-likeness (QED) is 0.116. The van der Waals surface area contributed by atoms with Gasteiger partial charge in [-0.1, -0.05) is 60.7 Å². The molecule has 6 aromatic rings. The van der Waals surface area contributed by atoms with Crippen LogP contribution >= 0.6 is 0 Å². The number of hydrogen-bond acceptors (Lipinski definition) is 12. The summed E-state index contributed by atoms with van der Waals surface area (Å²) < 4.78 is 24.2. The number of benzene rings is 4. The highest BCUT2D eigenvalue weighted by Crippen LogP contribution is 2.39. The minimum atomic E-state index is -0.743. The monoisotopic (exact) mass is 860 g/mol. The molecule has 0 saturated carbocycles. The summed E-state index contributed by atoms with van der Waals surface area (Å²) in [6.07, 6.45) is 2.16. The molecule has 0 spiro atoms. The second-order valence-electron chi connectivity index (χ2n) is 14.8. The van der Waals surface area contributed by atoms with Gasteiger partial charge in [0.25, 0.3) is 5.91 Å². The van der Waals surface area contributed by atoms with E-state index in [1.807, 2.05) is 60.7 Å². The highest BCUT2D eigenvalue weighted by molar-refractivity contribution is 6.02. The van der Waals surface area contributed by atoms with E-state index < -0.39 is 42.8 Å². The van der Waals surface area contributed by atoms with Crippen molar-refractivity contribution in [2.45, 2.75) is 38.9 Å². The zero-order valence-corrected chi connectivity index (χ0v) is 34.6. The van der Waals surface area contributed by atoms with Gasteiger partial charge in [-0.05, 0) is 53.6 Å². The zero-order chi connectivity index (χ0) is 44.7. The molecule has 2 aliphatic heterocycles. The third-order valence-electron chi connectivity index (χ3n) is 10.2. The molecule has 0 bridgehead atoms. The molecular weight excluding hydrogens is 821 g/mol. The van der Waals surface area contributed by atoms with Crippen molar-refractivity contribution in [3.63, 3.8) is 0 Å². The summed E-state index contributed by atoms with van der Waals surface area (Å²) in [6, 6.07) is 34.7. The number of ether oxygens (including phenoxy) is 4. The second-order valence-corrected chi connectivity index (χ2v) is 14.8. The molecule has 0 saturated heterocycles. The van der Waals surface area contributed by atoms with Crippen molar-refractivity contribution in [1.29, 1.82) is 0 Å². The number of carbonyl (C=O) groups is 6. The number of pyridine rings is 2. The predicted octanol–water partition coefficient (Wildman–Crippen LogP) is 7.35. The lowest BCUT2D eigenvalue weighted by Gasteiger charge is -2.33. The number of carbonyl (C=O) groups excluding carboxylic acids is 6. The molecule has 8 rings (SSSR count). The lowest BCUT2D eigenvalue weighted by atomic mass is 9.96. The van der Waals surface area contributed by atoms with Gasteiger partial charge in [-0.25, -0.2) is 20.0 Å². The molecule has 4 amide bonds. The average Bonchev–Trinajstić information content (AvgIpc) is 3.30. The van der Waals surface area contributed by atoms with E-state index in [1.54, 1.807) is 36.4 Å². The van der Waals surface area contributed by atoms with Crippen LogP contribution in [0.25, 0.3) is 0 Å². The van der Waals surface area contributed by atoms with Crippen LogP contribution in [0.1, 0.15) is 70.7 Å². The summed E-state index contributed by atoms with van der Waals surface area (Å²) in [6.45, 7) is 1.30. The van der Waals surface area contributed by atoms with Crippen molar-refractivity contribution in [2.75, 3.05) is 23.4 Å². The maximum atomic E-state index is 13.6. The first-order valence-electron chi connectivity index (χ1n) is 20.2. The van der Waals surface area contributed by atoms with Gasteiger partial charge in [0.05, 0.1) is 54.3 Å². The Morgan fingerprint density at radius 2 is 1.27 bits per heavy atom. The standard InChI is InChI=1S/C48H40N6O10/c1-29(55)49-27-48(60)54(34-14-20-47(51-26-34)62-36-15-17-37-39(57)23-43(64-44(37)22-36)32-11-7-4-8-12-32)53(30(2)56)28-45(59)52-33-13-19-46(50-25-33)61-35-16-18-41-38(21-35)40(58)24-42(63-41)31-9-5-3-6-10-31/h3-22,25-26,42-43H,23-24,27-28H2,1-2H3,(H,49,55)(H,52,59). The zero-order valence-electron chi connectivity index (χ0n) is 34.6. The first-order chi connectivity index (χ1) is 31.0. The molecule has 2 unspecified atom stereocenters. The molecule has 4 heterocycles. The van der Waals surface area contributed by atoms with Crippen LogP contribution in [0.2, 0.25) is 0 Å². The Hall–Kier alpha value is -8.40. The molecule has 64 heavy (non-hydrogen) atoms. The Kier molecular flexibility index (Phi) is 12.4. The van der Waals surface area contributed by atoms with Crippen molar-refractivity contribution >= 4 is 46.6 Å². The molecular formula is C48H40N6O10. The van der Waals surface area contributed by atoms with Crippen LogP contribution < -0.4 is 34.6 Å². The molecule has 2 atom stereocenters. The fourth-order valence-electron chi connectivity index (χ4n) is 7.11. The summed E-state index contributed by atoms with van der Waals surface area (Å²) in [4.78, 5) is 86.4. The molecule has 16 nitrogen and oxygen atoms in total. The van der Waals surface area contributed by atoms with Crippen molar-refractivity contribution in [2.24, 2.45) is 0 Å². The number of Topliss-reactive ketones (excluding diaryl/α,β-unsaturated/α-hetero) is 2. The van der Waals surface area contributed by atoms with Crippen LogP contribution in [0, 0.1) is 0 Å². The van der Waals surface area contributed by atoms with E-state index in [2.05, 4.69) is 20.6 Å². The number of rotatable bonds is 12. The Bertz CT molecular complexity index is 2730. The maximum absolute atomic E-state index is 13.6. The van der Waals surface area contributed by atoms with Crippen molar-refractivity contribution in [1.82, 2.24) is 20.3 Å². The fourth-order valence-corrected chi connectivity index (χ4v) is 7.11. The van der Waals surface area contributed by atoms with E-state index in [9.17, 15) is 28.8 Å². The highest BCUT2D eigenvalue weighted by Gasteiger charge is 2.31. The van der Waals surface area contributed by atoms with Crippen LogP contribution in [0.4, 0.5) is 11.4 Å². The van der Waals surface area contributed by atoms with E-state index in [1.165, 1.54) is 50.5 Å². The molecule has 4 aromatic carbocycles. The van der Waals surface area contributed by atoms with Crippen LogP contribution in [0.15, 0.2) is 134 Å². The molecule has 2 aliphatic rings. The summed E-state index contributed by atoms with van der Waals surface area (Å²) in [5.41, 5.74) is 2.95. The van der Waals surface area contributed by atoms with Gasteiger partial charge in [-0.2, -0.15) is 0 Å². The number of nitrogens with one attached hydrogen (secondary N) is 2. The molecule has 0 aliphatic carbocycles. The molecule has 322 valence electrons. The third-order valence-corrected chi connectivity index (χ3v) is 10.2. The van der Waals surface area contributed by atoms with E-state index in [4.69, 9.17) is 18.9 Å². The van der Waals surface area contributed by atoms with E-state index in [0.717, 1.165) is 21.1 Å². The predicted molar refractivity (Wildman–Crippen MR) is 231 cm³/mol. The number of amides is 4. The number of hydrazine groups is 1. The number of hydrogen-bond donors (Lipinski definition) is 2. The summed E-state index contributed by atoms with van der Waals surface area (Å²) in [5, 5.41) is 6.94. The Balaban J connectivity index is 0.922. The van der Waals surface area contributed by atoms with Crippen molar-refractivity contribution in [3.05, 3.63) is 156 Å². The number of ketones is 2. The van der Waals surface area contributed by atoms with Gasteiger partial charge in [0, 0.05) is 32.0 Å². The first kappa shape index (κ1) is 42.3.